The Morgan fingerprint density at radius 1 is 1.03 bits per heavy atom. The summed E-state index contributed by atoms with van der Waals surface area (Å²) < 4.78 is 54.1. The summed E-state index contributed by atoms with van der Waals surface area (Å²) in [5.41, 5.74) is -0.559. The first-order valence-electron chi connectivity index (χ1n) is 11.6. The molecule has 4 rings (SSSR count). The molecule has 10 heteroatoms. The summed E-state index contributed by atoms with van der Waals surface area (Å²) >= 11 is 5.72. The van der Waals surface area contributed by atoms with E-state index in [1.54, 1.807) is 0 Å². The zero-order valence-electron chi connectivity index (χ0n) is 19.6. The van der Waals surface area contributed by atoms with E-state index in [1.165, 1.54) is 0 Å². The molecular weight excluding hydrogens is 494 g/mol. The molecule has 2 aromatic carbocycles. The second-order valence-electron chi connectivity index (χ2n) is 9.16. The quantitative estimate of drug-likeness (QED) is 0.328. The van der Waals surface area contributed by atoms with Gasteiger partial charge in [0.1, 0.15) is 11.6 Å². The SMILES string of the molecule is C.CN(C)c1nc(NC2CCC(CNCc3c(C(F)(F)F)ccc(Cl)c3F)CC2)nc2ccccc12. The summed E-state index contributed by atoms with van der Waals surface area (Å²) in [5, 5.41) is 7.14. The molecule has 1 fully saturated rings. The number of fused-ring (bicyclic) bond motifs is 1. The highest BCUT2D eigenvalue weighted by atomic mass is 35.5. The van der Waals surface area contributed by atoms with Crippen LogP contribution in [0.2, 0.25) is 5.02 Å². The zero-order valence-corrected chi connectivity index (χ0v) is 20.3. The lowest BCUT2D eigenvalue weighted by Crippen LogP contribution is -2.32. The molecule has 0 aliphatic heterocycles. The van der Waals surface area contributed by atoms with E-state index < -0.39 is 23.1 Å². The normalized spacial score (nSPS) is 18.1. The van der Waals surface area contributed by atoms with E-state index in [1.807, 2.05) is 43.3 Å². The molecule has 1 heterocycles. The number of nitrogens with zero attached hydrogens (tertiary/aromatic N) is 3. The number of hydrogen-bond acceptors (Lipinski definition) is 5. The molecule has 1 aliphatic carbocycles. The Balaban J connectivity index is 0.00000361. The first kappa shape index (κ1) is 27.9. The van der Waals surface area contributed by atoms with Crippen molar-refractivity contribution in [1.82, 2.24) is 15.3 Å². The highest BCUT2D eigenvalue weighted by Crippen LogP contribution is 2.35. The topological polar surface area (TPSA) is 53.1 Å². The van der Waals surface area contributed by atoms with Crippen LogP contribution in [0.5, 0.6) is 0 Å². The molecule has 5 nitrogen and oxygen atoms in total. The fraction of sp³-hybridized carbons (Fsp3) is 0.462. The van der Waals surface area contributed by atoms with Crippen molar-refractivity contribution >= 4 is 34.3 Å². The fourth-order valence-corrected chi connectivity index (χ4v) is 4.77. The zero-order chi connectivity index (χ0) is 25.2. The van der Waals surface area contributed by atoms with Crippen LogP contribution in [0.25, 0.3) is 10.9 Å². The van der Waals surface area contributed by atoms with Gasteiger partial charge in [-0.3, -0.25) is 0 Å². The third-order valence-corrected chi connectivity index (χ3v) is 6.71. The summed E-state index contributed by atoms with van der Waals surface area (Å²) in [5.74, 6) is 0.710. The number of rotatable bonds is 7. The monoisotopic (exact) mass is 525 g/mol. The molecule has 0 radical (unpaired) electrons. The van der Waals surface area contributed by atoms with Gasteiger partial charge in [-0.2, -0.15) is 18.2 Å². The van der Waals surface area contributed by atoms with Gasteiger partial charge in [-0.05, 0) is 62.4 Å². The number of benzene rings is 2. The van der Waals surface area contributed by atoms with Gasteiger partial charge in [-0.15, -0.1) is 0 Å². The van der Waals surface area contributed by atoms with Crippen LogP contribution < -0.4 is 15.5 Å². The maximum atomic E-state index is 14.3. The Hall–Kier alpha value is -2.65. The molecule has 0 amide bonds. The molecule has 1 aromatic heterocycles. The van der Waals surface area contributed by atoms with Gasteiger partial charge in [0, 0.05) is 37.6 Å². The minimum atomic E-state index is -4.64. The van der Waals surface area contributed by atoms with E-state index in [0.29, 0.717) is 18.4 Å². The highest BCUT2D eigenvalue weighted by Gasteiger charge is 2.35. The molecule has 36 heavy (non-hydrogen) atoms. The van der Waals surface area contributed by atoms with Crippen LogP contribution in [0.3, 0.4) is 0 Å². The second-order valence-corrected chi connectivity index (χ2v) is 9.57. The fourth-order valence-electron chi connectivity index (χ4n) is 4.59. The Morgan fingerprint density at radius 2 is 1.72 bits per heavy atom. The van der Waals surface area contributed by atoms with Gasteiger partial charge in [0.15, 0.2) is 0 Å². The molecule has 0 unspecified atom stereocenters. The molecule has 0 spiro atoms. The number of aromatic nitrogens is 2. The van der Waals surface area contributed by atoms with E-state index in [2.05, 4.69) is 15.6 Å². The van der Waals surface area contributed by atoms with E-state index in [-0.39, 0.29) is 25.0 Å². The minimum absolute atomic E-state index is 0. The van der Waals surface area contributed by atoms with Crippen molar-refractivity contribution in [3.8, 4) is 0 Å². The van der Waals surface area contributed by atoms with Gasteiger partial charge in [-0.25, -0.2) is 9.37 Å². The number of halogens is 5. The van der Waals surface area contributed by atoms with Gasteiger partial charge in [0.25, 0.3) is 0 Å². The van der Waals surface area contributed by atoms with Crippen LogP contribution in [-0.2, 0) is 12.7 Å². The second kappa shape index (κ2) is 11.6. The first-order chi connectivity index (χ1) is 16.6. The average molecular weight is 526 g/mol. The van der Waals surface area contributed by atoms with Gasteiger partial charge >= 0.3 is 6.18 Å². The van der Waals surface area contributed by atoms with E-state index >= 15 is 0 Å². The summed E-state index contributed by atoms with van der Waals surface area (Å²) in [6.07, 6.45) is -1.08. The molecule has 2 N–H and O–H groups in total. The lowest BCUT2D eigenvalue weighted by atomic mass is 9.86. The summed E-state index contributed by atoms with van der Waals surface area (Å²) in [7, 11) is 3.90. The molecule has 1 saturated carbocycles. The summed E-state index contributed by atoms with van der Waals surface area (Å²) in [4.78, 5) is 11.3. The van der Waals surface area contributed by atoms with Crippen LogP contribution >= 0.6 is 11.6 Å². The van der Waals surface area contributed by atoms with Gasteiger partial charge < -0.3 is 15.5 Å². The lowest BCUT2D eigenvalue weighted by molar-refractivity contribution is -0.138. The molecule has 196 valence electrons. The molecular formula is C26H32ClF4N5. The number of hydrogen-bond donors (Lipinski definition) is 2. The van der Waals surface area contributed by atoms with Crippen LogP contribution in [0, 0.1) is 11.7 Å². The third kappa shape index (κ3) is 6.37. The van der Waals surface area contributed by atoms with Crippen molar-refractivity contribution in [2.75, 3.05) is 30.9 Å². The number of anilines is 2. The van der Waals surface area contributed by atoms with Gasteiger partial charge in [0.2, 0.25) is 5.95 Å². The molecule has 0 bridgehead atoms. The van der Waals surface area contributed by atoms with Crippen molar-refractivity contribution in [2.24, 2.45) is 5.92 Å². The van der Waals surface area contributed by atoms with E-state index in [0.717, 1.165) is 54.5 Å². The van der Waals surface area contributed by atoms with Crippen LogP contribution in [0.15, 0.2) is 36.4 Å². The molecule has 0 saturated heterocycles. The van der Waals surface area contributed by atoms with Crippen LogP contribution in [0.1, 0.15) is 44.2 Å². The molecule has 0 atom stereocenters. The smallest absolute Gasteiger partial charge is 0.362 e. The van der Waals surface area contributed by atoms with Crippen molar-refractivity contribution in [3.63, 3.8) is 0 Å². The Bertz CT molecular complexity index is 1180. The summed E-state index contributed by atoms with van der Waals surface area (Å²) in [6.45, 7) is 0.283. The van der Waals surface area contributed by atoms with Crippen molar-refractivity contribution < 1.29 is 17.6 Å². The molecule has 3 aromatic rings. The first-order valence-corrected chi connectivity index (χ1v) is 12.0. The Kier molecular flexibility index (Phi) is 9.00. The maximum Gasteiger partial charge on any atom is 0.416 e. The standard InChI is InChI=1S/C25H28ClF4N5.CH4/c1-35(2)23-17-5-3-4-6-21(17)33-24(34-23)32-16-9-7-15(8-10-16)13-31-14-18-19(25(28,29)30)11-12-20(26)22(18)27;/h3-6,11-12,15-16,31H,7-10,13-14H2,1-2H3,(H,32,33,34);1H4. The average Bonchev–Trinajstić information content (AvgIpc) is 2.81. The van der Waals surface area contributed by atoms with Crippen LogP contribution in [0.4, 0.5) is 29.3 Å². The lowest BCUT2D eigenvalue weighted by Gasteiger charge is -2.29. The number of para-hydroxylation sites is 1. The number of alkyl halides is 3. The van der Waals surface area contributed by atoms with Crippen molar-refractivity contribution in [1.29, 1.82) is 0 Å². The predicted octanol–water partition coefficient (Wildman–Crippen LogP) is 6.90. The number of nitrogens with one attached hydrogen (secondary N) is 2. The van der Waals surface area contributed by atoms with Crippen molar-refractivity contribution in [3.05, 3.63) is 58.4 Å². The Morgan fingerprint density at radius 3 is 2.39 bits per heavy atom. The third-order valence-electron chi connectivity index (χ3n) is 6.42. The van der Waals surface area contributed by atoms with Gasteiger partial charge in [-0.1, -0.05) is 31.2 Å². The summed E-state index contributed by atoms with van der Waals surface area (Å²) in [6, 6.07) is 9.86. The highest BCUT2D eigenvalue weighted by molar-refractivity contribution is 6.30. The molecule has 1 aliphatic rings. The maximum absolute atomic E-state index is 14.3. The predicted molar refractivity (Wildman–Crippen MR) is 138 cm³/mol. The van der Waals surface area contributed by atoms with E-state index in [4.69, 9.17) is 16.6 Å². The van der Waals surface area contributed by atoms with Crippen molar-refractivity contribution in [2.45, 2.75) is 51.9 Å². The largest absolute Gasteiger partial charge is 0.416 e. The van der Waals surface area contributed by atoms with Gasteiger partial charge in [0.05, 0.1) is 16.1 Å². The Labute approximate surface area is 214 Å². The van der Waals surface area contributed by atoms with Crippen LogP contribution in [-0.4, -0.2) is 36.6 Å². The van der Waals surface area contributed by atoms with E-state index in [9.17, 15) is 17.6 Å². The minimum Gasteiger partial charge on any atom is -0.362 e.